The number of nitrogens with one attached hydrogen (secondary N) is 1. The normalized spacial score (nSPS) is 16.1. The molecule has 0 radical (unpaired) electrons. The first-order valence-electron chi connectivity index (χ1n) is 8.24. The second kappa shape index (κ2) is 8.40. The van der Waals surface area contributed by atoms with Crippen molar-refractivity contribution in [1.29, 1.82) is 0 Å². The van der Waals surface area contributed by atoms with Crippen molar-refractivity contribution in [2.75, 3.05) is 19.6 Å². The number of ether oxygens (including phenoxy) is 1. The fraction of sp³-hybridized carbons (Fsp3) is 0.389. The first-order valence-corrected chi connectivity index (χ1v) is 9.12. The van der Waals surface area contributed by atoms with E-state index in [4.69, 9.17) is 0 Å². The summed E-state index contributed by atoms with van der Waals surface area (Å²) in [6.07, 6.45) is 2.34. The summed E-state index contributed by atoms with van der Waals surface area (Å²) in [5.41, 5.74) is 0.310. The topological polar surface area (TPSA) is 41.6 Å². The molecule has 1 amide bonds. The number of amides is 1. The third-order valence-corrected chi connectivity index (χ3v) is 5.20. The van der Waals surface area contributed by atoms with E-state index < -0.39 is 6.61 Å². The zero-order chi connectivity index (χ0) is 17.6. The number of rotatable bonds is 7. The number of alkyl halides is 2. The van der Waals surface area contributed by atoms with E-state index >= 15 is 0 Å². The van der Waals surface area contributed by atoms with Gasteiger partial charge >= 0.3 is 6.61 Å². The van der Waals surface area contributed by atoms with Crippen molar-refractivity contribution in [3.8, 4) is 5.75 Å². The van der Waals surface area contributed by atoms with Gasteiger partial charge in [0.1, 0.15) is 5.75 Å². The molecule has 2 aromatic rings. The monoisotopic (exact) mass is 366 g/mol. The maximum absolute atomic E-state index is 12.4. The Morgan fingerprint density at radius 2 is 2.04 bits per heavy atom. The smallest absolute Gasteiger partial charge is 0.387 e. The standard InChI is InChI=1S/C18H20F2N2O2S/c19-18(20)24-14-6-3-5-13(11-14)17(23)21-12-15(16-7-4-10-25-16)22-8-1-2-9-22/h3-7,10-11,15,18H,1-2,8-9,12H2,(H,21,23). The van der Waals surface area contributed by atoms with E-state index in [1.807, 2.05) is 11.4 Å². The number of halogens is 2. The summed E-state index contributed by atoms with van der Waals surface area (Å²) in [6.45, 7) is -0.373. The molecular formula is C18H20F2N2O2S. The van der Waals surface area contributed by atoms with Gasteiger partial charge in [0.2, 0.25) is 0 Å². The molecule has 1 fully saturated rings. The molecule has 1 aliphatic rings. The molecule has 0 spiro atoms. The molecule has 25 heavy (non-hydrogen) atoms. The van der Waals surface area contributed by atoms with E-state index in [1.165, 1.54) is 35.9 Å². The van der Waals surface area contributed by atoms with E-state index in [0.29, 0.717) is 12.1 Å². The van der Waals surface area contributed by atoms with Crippen molar-refractivity contribution < 1.29 is 18.3 Å². The lowest BCUT2D eigenvalue weighted by atomic mass is 10.1. The molecule has 1 saturated heterocycles. The Hall–Kier alpha value is -1.99. The van der Waals surface area contributed by atoms with Gasteiger partial charge in [0.05, 0.1) is 6.04 Å². The molecule has 1 atom stereocenters. The summed E-state index contributed by atoms with van der Waals surface area (Å²) in [5, 5.41) is 4.96. The van der Waals surface area contributed by atoms with Gasteiger partial charge in [-0.25, -0.2) is 0 Å². The molecule has 1 aromatic carbocycles. The van der Waals surface area contributed by atoms with Crippen molar-refractivity contribution in [3.05, 3.63) is 52.2 Å². The van der Waals surface area contributed by atoms with Crippen LogP contribution >= 0.6 is 11.3 Å². The maximum atomic E-state index is 12.4. The van der Waals surface area contributed by atoms with Gasteiger partial charge in [-0.1, -0.05) is 12.1 Å². The van der Waals surface area contributed by atoms with Gasteiger partial charge < -0.3 is 10.1 Å². The Balaban J connectivity index is 1.65. The van der Waals surface area contributed by atoms with Crippen LogP contribution < -0.4 is 10.1 Å². The lowest BCUT2D eigenvalue weighted by Crippen LogP contribution is -2.36. The lowest BCUT2D eigenvalue weighted by molar-refractivity contribution is -0.0498. The molecule has 3 rings (SSSR count). The molecule has 1 unspecified atom stereocenters. The van der Waals surface area contributed by atoms with Gasteiger partial charge in [-0.3, -0.25) is 9.69 Å². The van der Waals surface area contributed by atoms with Crippen LogP contribution in [0.15, 0.2) is 41.8 Å². The van der Waals surface area contributed by atoms with Gasteiger partial charge in [-0.2, -0.15) is 8.78 Å². The number of thiophene rings is 1. The van der Waals surface area contributed by atoms with Crippen LogP contribution in [0.1, 0.15) is 34.1 Å². The van der Waals surface area contributed by atoms with Crippen LogP contribution in [0.4, 0.5) is 8.78 Å². The predicted octanol–water partition coefficient (Wildman–Crippen LogP) is 3.92. The molecule has 1 N–H and O–H groups in total. The van der Waals surface area contributed by atoms with Crippen LogP contribution in [0.25, 0.3) is 0 Å². The second-order valence-electron chi connectivity index (χ2n) is 5.89. The fourth-order valence-corrected chi connectivity index (χ4v) is 3.91. The summed E-state index contributed by atoms with van der Waals surface area (Å²) >= 11 is 1.68. The molecule has 134 valence electrons. The highest BCUT2D eigenvalue weighted by molar-refractivity contribution is 7.10. The minimum Gasteiger partial charge on any atom is -0.435 e. The Bertz CT molecular complexity index is 688. The molecule has 7 heteroatoms. The molecule has 1 aliphatic heterocycles. The Morgan fingerprint density at radius 1 is 1.24 bits per heavy atom. The van der Waals surface area contributed by atoms with Crippen molar-refractivity contribution >= 4 is 17.2 Å². The van der Waals surface area contributed by atoms with E-state index in [9.17, 15) is 13.6 Å². The van der Waals surface area contributed by atoms with Crippen LogP contribution in [-0.2, 0) is 0 Å². The van der Waals surface area contributed by atoms with Crippen molar-refractivity contribution in [1.82, 2.24) is 10.2 Å². The van der Waals surface area contributed by atoms with Gasteiger partial charge in [0.15, 0.2) is 0 Å². The van der Waals surface area contributed by atoms with E-state index in [-0.39, 0.29) is 17.7 Å². The van der Waals surface area contributed by atoms with Crippen molar-refractivity contribution in [3.63, 3.8) is 0 Å². The van der Waals surface area contributed by atoms with E-state index in [2.05, 4.69) is 21.0 Å². The number of hydrogen-bond acceptors (Lipinski definition) is 4. The molecule has 0 bridgehead atoms. The highest BCUT2D eigenvalue weighted by Crippen LogP contribution is 2.28. The van der Waals surface area contributed by atoms with Crippen LogP contribution in [-0.4, -0.2) is 37.1 Å². The van der Waals surface area contributed by atoms with Crippen molar-refractivity contribution in [2.24, 2.45) is 0 Å². The Morgan fingerprint density at radius 3 is 2.72 bits per heavy atom. The number of carbonyl (C=O) groups excluding carboxylic acids is 1. The van der Waals surface area contributed by atoms with Gasteiger partial charge in [0.25, 0.3) is 5.91 Å². The predicted molar refractivity (Wildman–Crippen MR) is 93.3 cm³/mol. The average Bonchev–Trinajstić information content (AvgIpc) is 3.29. The molecule has 0 aliphatic carbocycles. The summed E-state index contributed by atoms with van der Waals surface area (Å²) in [4.78, 5) is 16.0. The number of likely N-dealkylation sites (tertiary alicyclic amines) is 1. The third kappa shape index (κ3) is 4.76. The summed E-state index contributed by atoms with van der Waals surface area (Å²) in [6, 6.07) is 10.1. The second-order valence-corrected chi connectivity index (χ2v) is 6.87. The fourth-order valence-electron chi connectivity index (χ4n) is 3.05. The van der Waals surface area contributed by atoms with Crippen LogP contribution in [0.3, 0.4) is 0 Å². The molecular weight excluding hydrogens is 346 g/mol. The average molecular weight is 366 g/mol. The first-order chi connectivity index (χ1) is 12.1. The molecule has 2 heterocycles. The Labute approximate surface area is 149 Å². The summed E-state index contributed by atoms with van der Waals surface area (Å²) in [7, 11) is 0. The highest BCUT2D eigenvalue weighted by Gasteiger charge is 2.24. The summed E-state index contributed by atoms with van der Waals surface area (Å²) < 4.78 is 29.0. The van der Waals surface area contributed by atoms with Crippen LogP contribution in [0.2, 0.25) is 0 Å². The first kappa shape index (κ1) is 17.8. The largest absolute Gasteiger partial charge is 0.435 e. The highest BCUT2D eigenvalue weighted by atomic mass is 32.1. The van der Waals surface area contributed by atoms with Crippen molar-refractivity contribution in [2.45, 2.75) is 25.5 Å². The third-order valence-electron chi connectivity index (χ3n) is 4.23. The van der Waals surface area contributed by atoms with Gasteiger partial charge in [-0.15, -0.1) is 11.3 Å². The van der Waals surface area contributed by atoms with E-state index in [0.717, 1.165) is 13.1 Å². The minimum absolute atomic E-state index is 0.0167. The quantitative estimate of drug-likeness (QED) is 0.808. The number of nitrogens with zero attached hydrogens (tertiary/aromatic N) is 1. The number of hydrogen-bond donors (Lipinski definition) is 1. The van der Waals surface area contributed by atoms with Gasteiger partial charge in [-0.05, 0) is 55.6 Å². The van der Waals surface area contributed by atoms with E-state index in [1.54, 1.807) is 17.4 Å². The zero-order valence-corrected chi connectivity index (χ0v) is 14.5. The molecule has 1 aromatic heterocycles. The maximum Gasteiger partial charge on any atom is 0.387 e. The summed E-state index contributed by atoms with van der Waals surface area (Å²) in [5.74, 6) is -0.308. The van der Waals surface area contributed by atoms with Gasteiger partial charge in [0, 0.05) is 17.0 Å². The SMILES string of the molecule is O=C(NCC(c1cccs1)N1CCCC1)c1cccc(OC(F)F)c1. The number of carbonyl (C=O) groups is 1. The number of benzene rings is 1. The lowest BCUT2D eigenvalue weighted by Gasteiger charge is -2.27. The molecule has 4 nitrogen and oxygen atoms in total. The molecule has 0 saturated carbocycles. The zero-order valence-electron chi connectivity index (χ0n) is 13.7. The Kier molecular flexibility index (Phi) is 5.99. The van der Waals surface area contributed by atoms with Crippen LogP contribution in [0.5, 0.6) is 5.75 Å². The van der Waals surface area contributed by atoms with Crippen LogP contribution in [0, 0.1) is 0 Å². The minimum atomic E-state index is -2.91.